The average Bonchev–Trinajstić information content (AvgIpc) is 2.56. The predicted octanol–water partition coefficient (Wildman–Crippen LogP) is 2.42. The zero-order chi connectivity index (χ0) is 11.7. The molecule has 0 bridgehead atoms. The molecule has 0 amide bonds. The van der Waals surface area contributed by atoms with Gasteiger partial charge in [0, 0.05) is 10.5 Å². The van der Waals surface area contributed by atoms with Crippen molar-refractivity contribution in [2.45, 2.75) is 25.8 Å². The molecule has 0 aliphatic rings. The lowest BCUT2D eigenvalue weighted by Gasteiger charge is -2.12. The van der Waals surface area contributed by atoms with E-state index in [9.17, 15) is 4.79 Å². The Morgan fingerprint density at radius 3 is 2.62 bits per heavy atom. The van der Waals surface area contributed by atoms with Gasteiger partial charge in [-0.25, -0.2) is 4.79 Å². The number of nitrogens with one attached hydrogen (secondary N) is 2. The van der Waals surface area contributed by atoms with Gasteiger partial charge in [-0.1, -0.05) is 29.3 Å². The standard InChI is InChI=1S/C11H14BrN3O/c1-2-3-8(13)6-4-9-10(5-7(6)12)15-11(16)14-9/h4-5,8H,2-3,13H2,1H3,(H2,14,15,16). The number of hydrogen-bond acceptors (Lipinski definition) is 2. The van der Waals surface area contributed by atoms with Crippen molar-refractivity contribution in [3.63, 3.8) is 0 Å². The van der Waals surface area contributed by atoms with Crippen molar-refractivity contribution in [1.82, 2.24) is 9.97 Å². The number of aromatic amines is 2. The molecule has 4 N–H and O–H groups in total. The topological polar surface area (TPSA) is 74.7 Å². The molecule has 0 saturated carbocycles. The van der Waals surface area contributed by atoms with Gasteiger partial charge in [0.05, 0.1) is 11.0 Å². The minimum atomic E-state index is -0.192. The van der Waals surface area contributed by atoms with Gasteiger partial charge in [0.15, 0.2) is 0 Å². The molecule has 16 heavy (non-hydrogen) atoms. The molecule has 1 atom stereocenters. The van der Waals surface area contributed by atoms with Crippen LogP contribution in [-0.4, -0.2) is 9.97 Å². The Morgan fingerprint density at radius 1 is 1.38 bits per heavy atom. The number of hydrogen-bond donors (Lipinski definition) is 3. The van der Waals surface area contributed by atoms with Gasteiger partial charge in [-0.15, -0.1) is 0 Å². The first kappa shape index (κ1) is 11.4. The Balaban J connectivity index is 2.52. The second kappa shape index (κ2) is 4.43. The van der Waals surface area contributed by atoms with Gasteiger partial charge in [-0.3, -0.25) is 0 Å². The highest BCUT2D eigenvalue weighted by Crippen LogP contribution is 2.27. The molecular weight excluding hydrogens is 270 g/mol. The molecule has 0 aliphatic heterocycles. The van der Waals surface area contributed by atoms with Crippen LogP contribution in [-0.2, 0) is 0 Å². The van der Waals surface area contributed by atoms with E-state index in [0.29, 0.717) is 0 Å². The summed E-state index contributed by atoms with van der Waals surface area (Å²) in [5, 5.41) is 0. The normalized spacial score (nSPS) is 13.2. The van der Waals surface area contributed by atoms with E-state index >= 15 is 0 Å². The summed E-state index contributed by atoms with van der Waals surface area (Å²) in [5.41, 5.74) is 8.51. The van der Waals surface area contributed by atoms with Crippen molar-refractivity contribution in [2.24, 2.45) is 5.73 Å². The summed E-state index contributed by atoms with van der Waals surface area (Å²) in [5.74, 6) is 0. The summed E-state index contributed by atoms with van der Waals surface area (Å²) in [6, 6.07) is 3.82. The zero-order valence-corrected chi connectivity index (χ0v) is 10.6. The maximum Gasteiger partial charge on any atom is 0.323 e. The quantitative estimate of drug-likeness (QED) is 0.809. The van der Waals surface area contributed by atoms with Crippen LogP contribution in [0.15, 0.2) is 21.4 Å². The Labute approximate surface area is 101 Å². The van der Waals surface area contributed by atoms with Crippen LogP contribution in [0.4, 0.5) is 0 Å². The minimum absolute atomic E-state index is 0.00202. The van der Waals surface area contributed by atoms with Crippen molar-refractivity contribution in [3.8, 4) is 0 Å². The van der Waals surface area contributed by atoms with Crippen LogP contribution in [0.5, 0.6) is 0 Å². The van der Waals surface area contributed by atoms with Crippen molar-refractivity contribution in [1.29, 1.82) is 0 Å². The average molecular weight is 284 g/mol. The molecule has 5 heteroatoms. The largest absolute Gasteiger partial charge is 0.324 e. The Morgan fingerprint density at radius 2 is 2.00 bits per heavy atom. The zero-order valence-electron chi connectivity index (χ0n) is 9.01. The van der Waals surface area contributed by atoms with Gasteiger partial charge in [0.2, 0.25) is 0 Å². The van der Waals surface area contributed by atoms with E-state index < -0.39 is 0 Å². The number of fused-ring (bicyclic) bond motifs is 1. The van der Waals surface area contributed by atoms with Gasteiger partial charge in [0.1, 0.15) is 0 Å². The Bertz CT molecular complexity index is 558. The van der Waals surface area contributed by atoms with E-state index in [2.05, 4.69) is 32.8 Å². The summed E-state index contributed by atoms with van der Waals surface area (Å²) in [6.07, 6.45) is 1.97. The molecule has 0 aliphatic carbocycles. The molecule has 1 heterocycles. The highest BCUT2D eigenvalue weighted by Gasteiger charge is 2.11. The summed E-state index contributed by atoms with van der Waals surface area (Å²) in [6.45, 7) is 2.10. The highest BCUT2D eigenvalue weighted by molar-refractivity contribution is 9.10. The van der Waals surface area contributed by atoms with E-state index in [1.807, 2.05) is 12.1 Å². The molecule has 0 spiro atoms. The van der Waals surface area contributed by atoms with Crippen LogP contribution in [0.3, 0.4) is 0 Å². The summed E-state index contributed by atoms with van der Waals surface area (Å²) in [7, 11) is 0. The highest BCUT2D eigenvalue weighted by atomic mass is 79.9. The Hall–Kier alpha value is -1.07. The van der Waals surface area contributed by atoms with Crippen LogP contribution in [0.1, 0.15) is 31.4 Å². The minimum Gasteiger partial charge on any atom is -0.324 e. The number of rotatable bonds is 3. The first-order valence-corrected chi connectivity index (χ1v) is 6.08. The molecule has 0 fully saturated rings. The van der Waals surface area contributed by atoms with Crippen molar-refractivity contribution in [2.75, 3.05) is 0 Å². The molecular formula is C11H14BrN3O. The van der Waals surface area contributed by atoms with Crippen LogP contribution in [0.2, 0.25) is 0 Å². The van der Waals surface area contributed by atoms with E-state index in [1.54, 1.807) is 0 Å². The monoisotopic (exact) mass is 283 g/mol. The number of imidazole rings is 1. The number of H-pyrrole nitrogens is 2. The fourth-order valence-corrected chi connectivity index (χ4v) is 2.46. The molecule has 1 aromatic carbocycles. The van der Waals surface area contributed by atoms with E-state index in [1.165, 1.54) is 0 Å². The third-order valence-corrected chi connectivity index (χ3v) is 3.32. The lowest BCUT2D eigenvalue weighted by atomic mass is 10.0. The lowest BCUT2D eigenvalue weighted by molar-refractivity contribution is 0.637. The fraction of sp³-hybridized carbons (Fsp3) is 0.364. The fourth-order valence-electron chi connectivity index (χ4n) is 1.82. The van der Waals surface area contributed by atoms with Gasteiger partial charge >= 0.3 is 5.69 Å². The third-order valence-electron chi connectivity index (χ3n) is 2.63. The van der Waals surface area contributed by atoms with Gasteiger partial charge in [-0.2, -0.15) is 0 Å². The van der Waals surface area contributed by atoms with E-state index in [4.69, 9.17) is 5.73 Å². The molecule has 4 nitrogen and oxygen atoms in total. The first-order valence-electron chi connectivity index (χ1n) is 5.29. The maximum atomic E-state index is 11.1. The molecule has 0 saturated heterocycles. The van der Waals surface area contributed by atoms with E-state index in [-0.39, 0.29) is 11.7 Å². The number of benzene rings is 1. The molecule has 1 unspecified atom stereocenters. The number of aromatic nitrogens is 2. The second-order valence-electron chi connectivity index (χ2n) is 3.89. The summed E-state index contributed by atoms with van der Waals surface area (Å²) in [4.78, 5) is 16.6. The molecule has 2 rings (SSSR count). The molecule has 86 valence electrons. The molecule has 1 aromatic heterocycles. The Kier molecular flexibility index (Phi) is 3.16. The van der Waals surface area contributed by atoms with Crippen molar-refractivity contribution < 1.29 is 0 Å². The predicted molar refractivity (Wildman–Crippen MR) is 68.5 cm³/mol. The smallest absolute Gasteiger partial charge is 0.323 e. The SMILES string of the molecule is CCCC(N)c1cc2[nH]c(=O)[nH]c2cc1Br. The third kappa shape index (κ3) is 2.05. The van der Waals surface area contributed by atoms with Crippen molar-refractivity contribution >= 4 is 27.0 Å². The lowest BCUT2D eigenvalue weighted by Crippen LogP contribution is -2.10. The van der Waals surface area contributed by atoms with Crippen LogP contribution in [0, 0.1) is 0 Å². The molecule has 0 radical (unpaired) electrons. The van der Waals surface area contributed by atoms with E-state index in [0.717, 1.165) is 33.9 Å². The van der Waals surface area contributed by atoms with Gasteiger partial charge in [-0.05, 0) is 24.1 Å². The summed E-state index contributed by atoms with van der Waals surface area (Å²) >= 11 is 3.48. The number of nitrogens with two attached hydrogens (primary N) is 1. The van der Waals surface area contributed by atoms with Crippen LogP contribution >= 0.6 is 15.9 Å². The maximum absolute atomic E-state index is 11.1. The van der Waals surface area contributed by atoms with Crippen molar-refractivity contribution in [3.05, 3.63) is 32.7 Å². The summed E-state index contributed by atoms with van der Waals surface area (Å²) < 4.78 is 0.941. The number of halogens is 1. The van der Waals surface area contributed by atoms with Crippen LogP contribution < -0.4 is 11.4 Å². The second-order valence-corrected chi connectivity index (χ2v) is 4.75. The van der Waals surface area contributed by atoms with Gasteiger partial charge < -0.3 is 15.7 Å². The first-order chi connectivity index (χ1) is 7.61. The van der Waals surface area contributed by atoms with Crippen LogP contribution in [0.25, 0.3) is 11.0 Å². The van der Waals surface area contributed by atoms with Gasteiger partial charge in [0.25, 0.3) is 0 Å². The molecule has 2 aromatic rings.